The van der Waals surface area contributed by atoms with Crippen LogP contribution in [0.15, 0.2) is 24.4 Å². The summed E-state index contributed by atoms with van der Waals surface area (Å²) >= 11 is 0. The van der Waals surface area contributed by atoms with E-state index in [-0.39, 0.29) is 0 Å². The Morgan fingerprint density at radius 3 is 2.29 bits per heavy atom. The Morgan fingerprint density at radius 1 is 1.12 bits per heavy atom. The highest BCUT2D eigenvalue weighted by Crippen LogP contribution is 2.47. The van der Waals surface area contributed by atoms with Crippen molar-refractivity contribution in [2.75, 3.05) is 11.9 Å². The summed E-state index contributed by atoms with van der Waals surface area (Å²) in [6.07, 6.45) is 10.5. The van der Waals surface area contributed by atoms with Crippen molar-refractivity contribution in [3.05, 3.63) is 24.4 Å². The Hall–Kier alpha value is -0.985. The molecule has 0 N–H and O–H groups in total. The summed E-state index contributed by atoms with van der Waals surface area (Å²) in [6, 6.07) is 6.24. The molecule has 0 atom stereocenters. The van der Waals surface area contributed by atoms with E-state index in [2.05, 4.69) is 29.0 Å². The first-order valence-electron chi connectivity index (χ1n) is 7.00. The summed E-state index contributed by atoms with van der Waals surface area (Å²) in [6.45, 7) is 0.743. The third-order valence-electron chi connectivity index (χ3n) is 4.72. The second-order valence-corrected chi connectivity index (χ2v) is 5.67. The number of aromatic nitrogens is 1. The molecular formula is C14H21BN2. The van der Waals surface area contributed by atoms with Crippen molar-refractivity contribution in [2.24, 2.45) is 0 Å². The average molecular weight is 228 g/mol. The molecule has 2 fully saturated rings. The van der Waals surface area contributed by atoms with Crippen LogP contribution in [0.5, 0.6) is 0 Å². The second kappa shape index (κ2) is 4.71. The van der Waals surface area contributed by atoms with E-state index in [1.807, 2.05) is 12.3 Å². The summed E-state index contributed by atoms with van der Waals surface area (Å²) in [4.78, 5) is 6.96. The minimum Gasteiger partial charge on any atom is -0.402 e. The Labute approximate surface area is 105 Å². The van der Waals surface area contributed by atoms with Gasteiger partial charge in [-0.1, -0.05) is 44.6 Å². The normalized spacial score (nSPS) is 27.9. The smallest absolute Gasteiger partial charge is 0.262 e. The molecule has 0 unspecified atom stereocenters. The lowest BCUT2D eigenvalue weighted by molar-refractivity contribution is 0.441. The van der Waals surface area contributed by atoms with Crippen LogP contribution >= 0.6 is 0 Å². The van der Waals surface area contributed by atoms with Gasteiger partial charge in [-0.3, -0.25) is 0 Å². The highest BCUT2D eigenvalue weighted by Gasteiger charge is 2.42. The fraction of sp³-hybridized carbons (Fsp3) is 0.643. The molecule has 0 aromatic carbocycles. The number of hydrogen-bond acceptors (Lipinski definition) is 2. The molecule has 90 valence electrons. The molecule has 0 aliphatic carbocycles. The van der Waals surface area contributed by atoms with Crippen LogP contribution < -0.4 is 4.81 Å². The molecule has 0 saturated carbocycles. The Balaban J connectivity index is 1.83. The molecule has 2 bridgehead atoms. The maximum Gasteiger partial charge on any atom is 0.262 e. The highest BCUT2D eigenvalue weighted by molar-refractivity contribution is 6.66. The van der Waals surface area contributed by atoms with Crippen molar-refractivity contribution in [2.45, 2.75) is 50.2 Å². The number of rotatable bonds is 2. The number of fused-ring (bicyclic) bond motifs is 2. The zero-order valence-electron chi connectivity index (χ0n) is 10.7. The van der Waals surface area contributed by atoms with Crippen LogP contribution in [0.1, 0.15) is 38.5 Å². The summed E-state index contributed by atoms with van der Waals surface area (Å²) in [5.74, 6) is 2.97. The maximum absolute atomic E-state index is 4.51. The predicted octanol–water partition coefficient (Wildman–Crippen LogP) is 3.62. The molecule has 0 radical (unpaired) electrons. The van der Waals surface area contributed by atoms with Gasteiger partial charge < -0.3 is 4.81 Å². The van der Waals surface area contributed by atoms with E-state index in [0.717, 1.165) is 24.3 Å². The first kappa shape index (κ1) is 11.1. The summed E-state index contributed by atoms with van der Waals surface area (Å²) in [5, 5.41) is 0. The van der Waals surface area contributed by atoms with Gasteiger partial charge in [0.15, 0.2) is 0 Å². The van der Waals surface area contributed by atoms with Crippen molar-refractivity contribution < 1.29 is 0 Å². The lowest BCUT2D eigenvalue weighted by atomic mass is 9.34. The fourth-order valence-corrected chi connectivity index (χ4v) is 3.99. The van der Waals surface area contributed by atoms with Gasteiger partial charge in [0.05, 0.1) is 0 Å². The lowest BCUT2D eigenvalue weighted by Gasteiger charge is -2.44. The highest BCUT2D eigenvalue weighted by atomic mass is 15.1. The van der Waals surface area contributed by atoms with Crippen LogP contribution in [0.25, 0.3) is 0 Å². The third-order valence-corrected chi connectivity index (χ3v) is 4.72. The van der Waals surface area contributed by atoms with E-state index in [9.17, 15) is 0 Å². The molecule has 2 aliphatic rings. The average Bonchev–Trinajstić information content (AvgIpc) is 2.38. The van der Waals surface area contributed by atoms with Crippen LogP contribution in [-0.4, -0.2) is 18.9 Å². The number of hydrogen-bond donors (Lipinski definition) is 0. The zero-order valence-corrected chi connectivity index (χ0v) is 10.7. The fourth-order valence-electron chi connectivity index (χ4n) is 3.99. The van der Waals surface area contributed by atoms with Gasteiger partial charge in [-0.25, -0.2) is 4.98 Å². The standard InChI is InChI=1S/C14H21BN2/c1-17(14-10-2-3-11-16-14)15-12-6-4-7-13(15)9-5-8-12/h2-3,10-13H,4-9H2,1H3. The van der Waals surface area contributed by atoms with Gasteiger partial charge in [-0.05, 0) is 30.8 Å². The van der Waals surface area contributed by atoms with Crippen LogP contribution in [0.4, 0.5) is 5.82 Å². The zero-order chi connectivity index (χ0) is 11.7. The van der Waals surface area contributed by atoms with E-state index in [4.69, 9.17) is 0 Å². The van der Waals surface area contributed by atoms with Crippen molar-refractivity contribution in [3.63, 3.8) is 0 Å². The van der Waals surface area contributed by atoms with E-state index in [0.29, 0.717) is 0 Å². The van der Waals surface area contributed by atoms with Crippen LogP contribution in [0.3, 0.4) is 0 Å². The number of nitrogens with zero attached hydrogens (tertiary/aromatic N) is 2. The molecule has 2 saturated heterocycles. The van der Waals surface area contributed by atoms with Gasteiger partial charge in [0.25, 0.3) is 6.85 Å². The van der Waals surface area contributed by atoms with Crippen molar-refractivity contribution in [1.29, 1.82) is 0 Å². The van der Waals surface area contributed by atoms with Crippen LogP contribution in [-0.2, 0) is 0 Å². The van der Waals surface area contributed by atoms with Gasteiger partial charge >= 0.3 is 0 Å². The minimum absolute atomic E-state index is 0.743. The summed E-state index contributed by atoms with van der Waals surface area (Å²) < 4.78 is 0. The van der Waals surface area contributed by atoms with Gasteiger partial charge in [-0.2, -0.15) is 0 Å². The molecular weight excluding hydrogens is 207 g/mol. The summed E-state index contributed by atoms with van der Waals surface area (Å²) in [7, 11) is 2.24. The van der Waals surface area contributed by atoms with Gasteiger partial charge in [0.2, 0.25) is 0 Å². The van der Waals surface area contributed by atoms with E-state index in [1.165, 1.54) is 38.5 Å². The molecule has 1 aromatic heterocycles. The largest absolute Gasteiger partial charge is 0.402 e. The van der Waals surface area contributed by atoms with E-state index in [1.54, 1.807) is 0 Å². The Morgan fingerprint density at radius 2 is 1.76 bits per heavy atom. The second-order valence-electron chi connectivity index (χ2n) is 5.67. The first-order chi connectivity index (χ1) is 8.36. The van der Waals surface area contributed by atoms with Gasteiger partial charge in [-0.15, -0.1) is 0 Å². The van der Waals surface area contributed by atoms with Crippen LogP contribution in [0.2, 0.25) is 11.6 Å². The molecule has 2 nitrogen and oxygen atoms in total. The quantitative estimate of drug-likeness (QED) is 0.718. The van der Waals surface area contributed by atoms with Crippen molar-refractivity contribution in [1.82, 2.24) is 4.98 Å². The molecule has 3 rings (SSSR count). The van der Waals surface area contributed by atoms with Crippen molar-refractivity contribution >= 4 is 12.7 Å². The number of anilines is 1. The SMILES string of the molecule is CN(B1C2CCCC1CCC2)c1ccccn1. The Bertz CT molecular complexity index is 346. The van der Waals surface area contributed by atoms with Gasteiger partial charge in [0, 0.05) is 6.20 Å². The maximum atomic E-state index is 4.51. The summed E-state index contributed by atoms with van der Waals surface area (Å²) in [5.41, 5.74) is 0. The lowest BCUT2D eigenvalue weighted by Crippen LogP contribution is -2.48. The number of pyridine rings is 1. The molecule has 1 aromatic rings. The van der Waals surface area contributed by atoms with E-state index >= 15 is 0 Å². The first-order valence-corrected chi connectivity index (χ1v) is 7.00. The molecule has 17 heavy (non-hydrogen) atoms. The predicted molar refractivity (Wildman–Crippen MR) is 73.6 cm³/mol. The molecule has 3 heterocycles. The molecule has 3 heteroatoms. The minimum atomic E-state index is 0.743. The van der Waals surface area contributed by atoms with Gasteiger partial charge in [0.1, 0.15) is 5.82 Å². The molecule has 0 amide bonds. The molecule has 0 spiro atoms. The van der Waals surface area contributed by atoms with Crippen LogP contribution in [0, 0.1) is 0 Å². The molecule has 2 aliphatic heterocycles. The third kappa shape index (κ3) is 2.07. The van der Waals surface area contributed by atoms with Crippen molar-refractivity contribution in [3.8, 4) is 0 Å². The Kier molecular flexibility index (Phi) is 3.08. The monoisotopic (exact) mass is 228 g/mol. The van der Waals surface area contributed by atoms with E-state index < -0.39 is 0 Å². The topological polar surface area (TPSA) is 16.1 Å².